The Balaban J connectivity index is 1.35. The molecule has 172 valence electrons. The average Bonchev–Trinajstić information content (AvgIpc) is 3.49. The first-order valence-corrected chi connectivity index (χ1v) is 11.5. The van der Waals surface area contributed by atoms with Crippen LogP contribution in [0.1, 0.15) is 51.1 Å². The van der Waals surface area contributed by atoms with E-state index < -0.39 is 0 Å². The highest BCUT2D eigenvalue weighted by Crippen LogP contribution is 2.38. The number of aromatic nitrogens is 1. The van der Waals surface area contributed by atoms with Crippen LogP contribution in [0.25, 0.3) is 0 Å². The predicted molar refractivity (Wildman–Crippen MR) is 124 cm³/mol. The number of ether oxygens (including phenoxy) is 3. The molecule has 0 bridgehead atoms. The third-order valence-electron chi connectivity index (χ3n) is 6.11. The smallest absolute Gasteiger partial charge is 0.259 e. The summed E-state index contributed by atoms with van der Waals surface area (Å²) in [5.41, 5.74) is 2.05. The van der Waals surface area contributed by atoms with E-state index in [4.69, 9.17) is 14.2 Å². The van der Waals surface area contributed by atoms with Gasteiger partial charge in [0.1, 0.15) is 11.9 Å². The van der Waals surface area contributed by atoms with Crippen LogP contribution in [0, 0.1) is 5.92 Å². The maximum Gasteiger partial charge on any atom is 0.259 e. The Morgan fingerprint density at radius 1 is 1.22 bits per heavy atom. The van der Waals surface area contributed by atoms with E-state index in [0.717, 1.165) is 48.8 Å². The molecular weight excluding hydrogens is 406 g/mol. The van der Waals surface area contributed by atoms with Crippen molar-refractivity contribution in [2.24, 2.45) is 5.92 Å². The summed E-state index contributed by atoms with van der Waals surface area (Å²) in [4.78, 5) is 17.9. The van der Waals surface area contributed by atoms with Gasteiger partial charge in [-0.2, -0.15) is 0 Å². The summed E-state index contributed by atoms with van der Waals surface area (Å²) in [5.74, 6) is 2.89. The highest BCUT2D eigenvalue weighted by Gasteiger charge is 2.28. The Labute approximate surface area is 190 Å². The highest BCUT2D eigenvalue weighted by atomic mass is 16.5. The van der Waals surface area contributed by atoms with E-state index >= 15 is 0 Å². The molecule has 1 saturated heterocycles. The average molecular weight is 440 g/mol. The zero-order valence-electron chi connectivity index (χ0n) is 19.2. The fourth-order valence-electron chi connectivity index (χ4n) is 4.15. The largest absolute Gasteiger partial charge is 0.490 e. The number of anilines is 1. The monoisotopic (exact) mass is 439 g/mol. The number of benzene rings is 1. The predicted octanol–water partition coefficient (Wildman–Crippen LogP) is 4.12. The van der Waals surface area contributed by atoms with E-state index in [-0.39, 0.29) is 18.1 Å². The first kappa shape index (κ1) is 22.2. The number of methoxy groups -OCH3 is 1. The van der Waals surface area contributed by atoms with E-state index in [0.29, 0.717) is 18.2 Å². The summed E-state index contributed by atoms with van der Waals surface area (Å²) in [7, 11) is 1.67. The van der Waals surface area contributed by atoms with Gasteiger partial charge in [-0.15, -0.1) is 0 Å². The molecule has 7 nitrogen and oxygen atoms in total. The van der Waals surface area contributed by atoms with Crippen LogP contribution in [0.15, 0.2) is 36.5 Å². The normalized spacial score (nSPS) is 18.8. The Hall–Kier alpha value is -2.96. The number of carbonyl (C=O) groups excluding carboxylic acids is 1. The van der Waals surface area contributed by atoms with Gasteiger partial charge < -0.3 is 24.4 Å². The fourth-order valence-corrected chi connectivity index (χ4v) is 4.15. The Morgan fingerprint density at radius 2 is 2.00 bits per heavy atom. The van der Waals surface area contributed by atoms with Crippen molar-refractivity contribution in [2.45, 2.75) is 51.7 Å². The molecule has 4 rings (SSSR count). The third-order valence-corrected chi connectivity index (χ3v) is 6.11. The number of pyridine rings is 1. The molecule has 1 aromatic heterocycles. The van der Waals surface area contributed by atoms with Crippen LogP contribution < -0.4 is 24.4 Å². The number of carbonyl (C=O) groups is 1. The molecule has 1 aromatic carbocycles. The number of amides is 1. The maximum absolute atomic E-state index is 11.3. The van der Waals surface area contributed by atoms with Gasteiger partial charge in [-0.05, 0) is 43.0 Å². The van der Waals surface area contributed by atoms with Gasteiger partial charge in [-0.25, -0.2) is 4.98 Å². The van der Waals surface area contributed by atoms with Gasteiger partial charge in [0.05, 0.1) is 32.0 Å². The molecule has 0 spiro atoms. The second-order valence-electron chi connectivity index (χ2n) is 8.71. The lowest BCUT2D eigenvalue weighted by Gasteiger charge is -2.22. The lowest BCUT2D eigenvalue weighted by atomic mass is 10.1. The summed E-state index contributed by atoms with van der Waals surface area (Å²) in [6, 6.07) is 9.89. The van der Waals surface area contributed by atoms with Gasteiger partial charge in [0.15, 0.2) is 0 Å². The minimum absolute atomic E-state index is 0.0247. The van der Waals surface area contributed by atoms with E-state index in [1.165, 1.54) is 19.8 Å². The second-order valence-corrected chi connectivity index (χ2v) is 8.71. The molecule has 2 heterocycles. The number of nitrogens with one attached hydrogen (secondary N) is 1. The zero-order valence-corrected chi connectivity index (χ0v) is 19.2. The molecule has 32 heavy (non-hydrogen) atoms. The van der Waals surface area contributed by atoms with Gasteiger partial charge in [-0.3, -0.25) is 4.79 Å². The van der Waals surface area contributed by atoms with Crippen molar-refractivity contribution in [3.8, 4) is 17.4 Å². The number of hydrogen-bond acceptors (Lipinski definition) is 6. The molecule has 7 heteroatoms. The lowest BCUT2D eigenvalue weighted by molar-refractivity contribution is -0.119. The van der Waals surface area contributed by atoms with Crippen molar-refractivity contribution in [2.75, 3.05) is 31.7 Å². The van der Waals surface area contributed by atoms with Gasteiger partial charge in [0.25, 0.3) is 5.88 Å². The number of nitrogens with zero attached hydrogens (tertiary/aromatic N) is 2. The molecule has 1 aliphatic carbocycles. The zero-order chi connectivity index (χ0) is 22.5. The topological polar surface area (TPSA) is 72.9 Å². The fraction of sp³-hybridized carbons (Fsp3) is 0.520. The molecule has 2 aromatic rings. The van der Waals surface area contributed by atoms with Crippen LogP contribution in [0.2, 0.25) is 0 Å². The van der Waals surface area contributed by atoms with Crippen molar-refractivity contribution in [3.05, 3.63) is 42.1 Å². The Kier molecular flexibility index (Phi) is 7.02. The summed E-state index contributed by atoms with van der Waals surface area (Å²) < 4.78 is 17.8. The van der Waals surface area contributed by atoms with E-state index in [2.05, 4.69) is 15.2 Å². The van der Waals surface area contributed by atoms with E-state index in [9.17, 15) is 4.79 Å². The third kappa shape index (κ3) is 5.64. The molecular formula is C25H33N3O4. The Morgan fingerprint density at radius 3 is 2.69 bits per heavy atom. The van der Waals surface area contributed by atoms with Crippen LogP contribution in [-0.4, -0.2) is 43.8 Å². The number of rotatable bonds is 10. The first-order valence-electron chi connectivity index (χ1n) is 11.5. The van der Waals surface area contributed by atoms with Crippen molar-refractivity contribution < 1.29 is 19.0 Å². The minimum atomic E-state index is -0.0353. The Bertz CT molecular complexity index is 914. The summed E-state index contributed by atoms with van der Waals surface area (Å²) >= 11 is 0. The molecule has 0 radical (unpaired) electrons. The summed E-state index contributed by atoms with van der Waals surface area (Å²) in [5, 5.41) is 2.90. The molecule has 1 amide bonds. The van der Waals surface area contributed by atoms with Crippen LogP contribution in [0.3, 0.4) is 0 Å². The summed E-state index contributed by atoms with van der Waals surface area (Å²) in [6.45, 7) is 5.83. The van der Waals surface area contributed by atoms with E-state index in [1.807, 2.05) is 37.3 Å². The van der Waals surface area contributed by atoms with Crippen molar-refractivity contribution >= 4 is 11.6 Å². The quantitative estimate of drug-likeness (QED) is 0.600. The highest BCUT2D eigenvalue weighted by molar-refractivity contribution is 5.73. The van der Waals surface area contributed by atoms with Crippen LogP contribution in [0.5, 0.6) is 17.4 Å². The SMILES string of the molecule is COc1c(N2CC[C@@H](Oc3ccc([C@H](C)NC(C)=O)cc3)C2)ccnc1OCCC1CC1. The molecule has 2 fully saturated rings. The number of hydrogen-bond donors (Lipinski definition) is 1. The van der Waals surface area contributed by atoms with Gasteiger partial charge >= 0.3 is 0 Å². The van der Waals surface area contributed by atoms with Gasteiger partial charge in [0, 0.05) is 26.1 Å². The second kappa shape index (κ2) is 10.1. The first-order chi connectivity index (χ1) is 15.5. The van der Waals surface area contributed by atoms with Gasteiger partial charge in [-0.1, -0.05) is 25.0 Å². The minimum Gasteiger partial charge on any atom is -0.490 e. The summed E-state index contributed by atoms with van der Waals surface area (Å²) in [6.07, 6.45) is 6.52. The van der Waals surface area contributed by atoms with Crippen LogP contribution in [0.4, 0.5) is 5.69 Å². The molecule has 1 N–H and O–H groups in total. The van der Waals surface area contributed by atoms with Crippen molar-refractivity contribution in [1.82, 2.24) is 10.3 Å². The maximum atomic E-state index is 11.3. The van der Waals surface area contributed by atoms with Crippen LogP contribution in [-0.2, 0) is 4.79 Å². The molecule has 1 aliphatic heterocycles. The van der Waals surface area contributed by atoms with Crippen molar-refractivity contribution in [1.29, 1.82) is 0 Å². The van der Waals surface area contributed by atoms with E-state index in [1.54, 1.807) is 13.3 Å². The van der Waals surface area contributed by atoms with Gasteiger partial charge in [0.2, 0.25) is 11.7 Å². The van der Waals surface area contributed by atoms with Crippen LogP contribution >= 0.6 is 0 Å². The molecule has 2 atom stereocenters. The standard InChI is InChI=1S/C25H33N3O4/c1-17(27-18(2)29)20-6-8-21(9-7-20)32-22-11-14-28(16-22)23-10-13-26-25(24(23)30-3)31-15-12-19-4-5-19/h6-10,13,17,19,22H,4-5,11-12,14-16H2,1-3H3,(H,27,29)/t17-,22+/m0/s1. The molecule has 2 aliphatic rings. The molecule has 0 unspecified atom stereocenters. The lowest BCUT2D eigenvalue weighted by Crippen LogP contribution is -2.25. The molecule has 1 saturated carbocycles. The van der Waals surface area contributed by atoms with Crippen molar-refractivity contribution in [3.63, 3.8) is 0 Å².